The molecule has 10 heteroatoms. The number of benzene rings is 2. The van der Waals surface area contributed by atoms with Crippen LogP contribution in [0.1, 0.15) is 5.56 Å². The summed E-state index contributed by atoms with van der Waals surface area (Å²) in [5, 5.41) is 4.41. The van der Waals surface area contributed by atoms with E-state index in [2.05, 4.69) is 15.1 Å². The average molecular weight is 412 g/mol. The van der Waals surface area contributed by atoms with Crippen LogP contribution in [-0.4, -0.2) is 42.2 Å². The Balaban J connectivity index is 1.85. The van der Waals surface area contributed by atoms with Gasteiger partial charge in [0.15, 0.2) is 11.5 Å². The number of halogens is 1. The van der Waals surface area contributed by atoms with Crippen molar-refractivity contribution in [3.8, 4) is 17.2 Å². The third-order valence-electron chi connectivity index (χ3n) is 4.60. The summed E-state index contributed by atoms with van der Waals surface area (Å²) in [5.74, 6) is 0.716. The number of ether oxygens (including phenoxy) is 3. The van der Waals surface area contributed by atoms with Gasteiger partial charge < -0.3 is 24.2 Å². The SMILES string of the molecule is COc1cc(/C=N/n2c(=O)[nH]c3c([nH]c4ccc(F)cc43)c2=O)cc(OC)c1OC. The predicted octanol–water partition coefficient (Wildman–Crippen LogP) is 2.22. The highest BCUT2D eigenvalue weighted by molar-refractivity contribution is 6.04. The van der Waals surface area contributed by atoms with Crippen molar-refractivity contribution in [2.24, 2.45) is 5.10 Å². The van der Waals surface area contributed by atoms with Gasteiger partial charge in [-0.25, -0.2) is 9.18 Å². The Morgan fingerprint density at radius 2 is 1.67 bits per heavy atom. The van der Waals surface area contributed by atoms with E-state index in [1.165, 1.54) is 45.7 Å². The molecule has 2 N–H and O–H groups in total. The molecule has 0 unspecified atom stereocenters. The van der Waals surface area contributed by atoms with Crippen LogP contribution in [0.5, 0.6) is 17.2 Å². The maximum Gasteiger partial charge on any atom is 0.350 e. The molecule has 4 aromatic rings. The van der Waals surface area contributed by atoms with Crippen molar-refractivity contribution >= 4 is 28.2 Å². The van der Waals surface area contributed by atoms with Crippen LogP contribution in [0.15, 0.2) is 45.0 Å². The first-order valence-corrected chi connectivity index (χ1v) is 8.77. The highest BCUT2D eigenvalue weighted by Gasteiger charge is 2.14. The third kappa shape index (κ3) is 3.08. The van der Waals surface area contributed by atoms with E-state index in [1.54, 1.807) is 12.1 Å². The average Bonchev–Trinajstić information content (AvgIpc) is 3.10. The minimum atomic E-state index is -0.763. The second-order valence-corrected chi connectivity index (χ2v) is 6.32. The Bertz CT molecular complexity index is 1390. The molecule has 154 valence electrons. The highest BCUT2D eigenvalue weighted by Crippen LogP contribution is 2.37. The molecule has 0 aliphatic heterocycles. The van der Waals surface area contributed by atoms with Gasteiger partial charge in [0.2, 0.25) is 5.75 Å². The van der Waals surface area contributed by atoms with E-state index in [1.807, 2.05) is 0 Å². The Hall–Kier alpha value is -4.08. The van der Waals surface area contributed by atoms with Gasteiger partial charge in [-0.1, -0.05) is 0 Å². The number of aromatic nitrogens is 3. The zero-order chi connectivity index (χ0) is 21.4. The van der Waals surface area contributed by atoms with E-state index >= 15 is 0 Å². The Morgan fingerprint density at radius 1 is 0.967 bits per heavy atom. The number of methoxy groups -OCH3 is 3. The molecule has 0 amide bonds. The summed E-state index contributed by atoms with van der Waals surface area (Å²) in [4.78, 5) is 30.7. The van der Waals surface area contributed by atoms with Gasteiger partial charge in [0.05, 0.1) is 33.1 Å². The van der Waals surface area contributed by atoms with Crippen LogP contribution >= 0.6 is 0 Å². The predicted molar refractivity (Wildman–Crippen MR) is 110 cm³/mol. The first kappa shape index (κ1) is 19.2. The van der Waals surface area contributed by atoms with Gasteiger partial charge in [0.1, 0.15) is 11.3 Å². The molecular weight excluding hydrogens is 395 g/mol. The number of nitrogens with one attached hydrogen (secondary N) is 2. The summed E-state index contributed by atoms with van der Waals surface area (Å²) in [6, 6.07) is 7.23. The maximum absolute atomic E-state index is 13.6. The molecule has 0 radical (unpaired) electrons. The molecule has 2 heterocycles. The summed E-state index contributed by atoms with van der Waals surface area (Å²) < 4.78 is 30.1. The number of aromatic amines is 2. The highest BCUT2D eigenvalue weighted by atomic mass is 19.1. The first-order chi connectivity index (χ1) is 14.5. The van der Waals surface area contributed by atoms with E-state index in [9.17, 15) is 14.0 Å². The van der Waals surface area contributed by atoms with Crippen LogP contribution in [0.4, 0.5) is 4.39 Å². The summed E-state index contributed by atoms with van der Waals surface area (Å²) in [6.07, 6.45) is 1.31. The summed E-state index contributed by atoms with van der Waals surface area (Å²) in [5.41, 5.74) is -0.0773. The standard InChI is InChI=1S/C20H17FN4O5/c1-28-14-6-10(7-15(29-2)18(14)30-3)9-22-25-19(26)17-16(24-20(25)27)12-8-11(21)4-5-13(12)23-17/h4-9,23H,1-3H3,(H,24,27)/b22-9+. The Labute approximate surface area is 168 Å². The molecular formula is C20H17FN4O5. The van der Waals surface area contributed by atoms with Crippen LogP contribution in [0.25, 0.3) is 21.9 Å². The fourth-order valence-corrected chi connectivity index (χ4v) is 3.22. The summed E-state index contributed by atoms with van der Waals surface area (Å²) in [7, 11) is 4.43. The lowest BCUT2D eigenvalue weighted by Crippen LogP contribution is -2.32. The number of fused-ring (bicyclic) bond motifs is 3. The van der Waals surface area contributed by atoms with E-state index < -0.39 is 17.1 Å². The molecule has 30 heavy (non-hydrogen) atoms. The molecule has 0 spiro atoms. The number of hydrogen-bond acceptors (Lipinski definition) is 6. The van der Waals surface area contributed by atoms with Gasteiger partial charge in [0, 0.05) is 16.5 Å². The number of H-pyrrole nitrogens is 2. The smallest absolute Gasteiger partial charge is 0.350 e. The van der Waals surface area contributed by atoms with Crippen molar-refractivity contribution in [2.45, 2.75) is 0 Å². The van der Waals surface area contributed by atoms with Crippen molar-refractivity contribution in [2.75, 3.05) is 21.3 Å². The molecule has 0 bridgehead atoms. The van der Waals surface area contributed by atoms with E-state index in [0.29, 0.717) is 38.4 Å². The molecule has 2 aromatic carbocycles. The topological polar surface area (TPSA) is 111 Å². The van der Waals surface area contributed by atoms with Gasteiger partial charge >= 0.3 is 11.2 Å². The van der Waals surface area contributed by atoms with Gasteiger partial charge in [-0.2, -0.15) is 5.10 Å². The molecule has 0 saturated carbocycles. The molecule has 0 fully saturated rings. The number of rotatable bonds is 5. The molecule has 0 aliphatic carbocycles. The lowest BCUT2D eigenvalue weighted by Gasteiger charge is -2.12. The van der Waals surface area contributed by atoms with Crippen LogP contribution in [-0.2, 0) is 0 Å². The van der Waals surface area contributed by atoms with E-state index in [-0.39, 0.29) is 11.0 Å². The second-order valence-electron chi connectivity index (χ2n) is 6.32. The van der Waals surface area contributed by atoms with E-state index in [0.717, 1.165) is 0 Å². The molecule has 2 aromatic heterocycles. The summed E-state index contributed by atoms with van der Waals surface area (Å²) in [6.45, 7) is 0. The van der Waals surface area contributed by atoms with Crippen molar-refractivity contribution in [1.82, 2.24) is 14.6 Å². The van der Waals surface area contributed by atoms with Crippen LogP contribution in [0, 0.1) is 5.82 Å². The Morgan fingerprint density at radius 3 is 2.30 bits per heavy atom. The molecule has 0 saturated heterocycles. The van der Waals surface area contributed by atoms with Crippen molar-refractivity contribution in [1.29, 1.82) is 0 Å². The Kier molecular flexibility index (Phi) is 4.74. The number of nitrogens with zero attached hydrogens (tertiary/aromatic N) is 2. The van der Waals surface area contributed by atoms with Gasteiger partial charge in [-0.15, -0.1) is 4.68 Å². The minimum Gasteiger partial charge on any atom is -0.493 e. The van der Waals surface area contributed by atoms with Gasteiger partial charge in [-0.3, -0.25) is 4.79 Å². The lowest BCUT2D eigenvalue weighted by atomic mass is 10.2. The van der Waals surface area contributed by atoms with Crippen LogP contribution < -0.4 is 25.5 Å². The molecule has 4 rings (SSSR count). The molecule has 0 atom stereocenters. The third-order valence-corrected chi connectivity index (χ3v) is 4.60. The zero-order valence-corrected chi connectivity index (χ0v) is 16.3. The minimum absolute atomic E-state index is 0.109. The fraction of sp³-hybridized carbons (Fsp3) is 0.150. The lowest BCUT2D eigenvalue weighted by molar-refractivity contribution is 0.324. The van der Waals surface area contributed by atoms with Crippen molar-refractivity contribution < 1.29 is 18.6 Å². The number of hydrogen-bond donors (Lipinski definition) is 2. The van der Waals surface area contributed by atoms with Crippen molar-refractivity contribution in [3.63, 3.8) is 0 Å². The molecule has 0 aliphatic rings. The van der Waals surface area contributed by atoms with Gasteiger partial charge in [-0.05, 0) is 30.3 Å². The largest absolute Gasteiger partial charge is 0.493 e. The van der Waals surface area contributed by atoms with Crippen molar-refractivity contribution in [3.05, 3.63) is 62.6 Å². The monoisotopic (exact) mass is 412 g/mol. The quantitative estimate of drug-likeness (QED) is 0.489. The second kappa shape index (κ2) is 7.39. The van der Waals surface area contributed by atoms with Gasteiger partial charge in [0.25, 0.3) is 0 Å². The zero-order valence-electron chi connectivity index (χ0n) is 16.3. The van der Waals surface area contributed by atoms with Crippen LogP contribution in [0.3, 0.4) is 0 Å². The summed E-state index contributed by atoms with van der Waals surface area (Å²) >= 11 is 0. The maximum atomic E-state index is 13.6. The normalized spacial score (nSPS) is 11.5. The first-order valence-electron chi connectivity index (χ1n) is 8.77. The molecule has 9 nitrogen and oxygen atoms in total. The van der Waals surface area contributed by atoms with Crippen LogP contribution in [0.2, 0.25) is 0 Å². The fourth-order valence-electron chi connectivity index (χ4n) is 3.22. The van der Waals surface area contributed by atoms with E-state index in [4.69, 9.17) is 14.2 Å².